The van der Waals surface area contributed by atoms with Gasteiger partial charge >= 0.3 is 0 Å². The molecule has 0 aromatic heterocycles. The zero-order valence-electron chi connectivity index (χ0n) is 7.90. The average Bonchev–Trinajstić information content (AvgIpc) is 2.27. The minimum atomic E-state index is -0.0911. The zero-order chi connectivity index (χ0) is 10.8. The van der Waals surface area contributed by atoms with Gasteiger partial charge in [0.15, 0.2) is 5.78 Å². The molecule has 0 amide bonds. The fourth-order valence-corrected chi connectivity index (χ4v) is 1.64. The lowest BCUT2D eigenvalue weighted by molar-refractivity contribution is 0.102. The zero-order valence-corrected chi connectivity index (χ0v) is 8.66. The largest absolute Gasteiger partial charge is 0.508 e. The molecule has 0 bridgehead atoms. The second-order valence-electron chi connectivity index (χ2n) is 3.30. The Morgan fingerprint density at radius 1 is 1.13 bits per heavy atom. The van der Waals surface area contributed by atoms with Crippen molar-refractivity contribution in [3.8, 4) is 5.75 Å². The minimum absolute atomic E-state index is 0.0103. The standard InChI is InChI=1S/C12H9ClO2/c13-7-12(15)10-2-1-9-6-11(14)4-3-8(9)5-10/h1-6,14H,7H2. The number of hydrogen-bond acceptors (Lipinski definition) is 2. The van der Waals surface area contributed by atoms with Gasteiger partial charge in [-0.25, -0.2) is 0 Å². The number of phenols is 1. The molecule has 2 rings (SSSR count). The van der Waals surface area contributed by atoms with Gasteiger partial charge in [-0.05, 0) is 29.0 Å². The first-order chi connectivity index (χ1) is 7.20. The van der Waals surface area contributed by atoms with E-state index in [-0.39, 0.29) is 17.4 Å². The number of aromatic hydroxyl groups is 1. The van der Waals surface area contributed by atoms with Gasteiger partial charge < -0.3 is 5.11 Å². The van der Waals surface area contributed by atoms with E-state index >= 15 is 0 Å². The second-order valence-corrected chi connectivity index (χ2v) is 3.57. The summed E-state index contributed by atoms with van der Waals surface area (Å²) < 4.78 is 0. The maximum atomic E-state index is 11.3. The molecule has 76 valence electrons. The van der Waals surface area contributed by atoms with Crippen molar-refractivity contribution < 1.29 is 9.90 Å². The molecule has 0 fully saturated rings. The molecule has 0 radical (unpaired) electrons. The first-order valence-corrected chi connectivity index (χ1v) is 5.06. The summed E-state index contributed by atoms with van der Waals surface area (Å²) in [4.78, 5) is 11.3. The molecule has 0 atom stereocenters. The number of ketones is 1. The fraction of sp³-hybridized carbons (Fsp3) is 0.0833. The molecule has 2 aromatic carbocycles. The van der Waals surface area contributed by atoms with Crippen LogP contribution >= 0.6 is 11.6 Å². The van der Waals surface area contributed by atoms with Crippen LogP contribution in [0.4, 0.5) is 0 Å². The van der Waals surface area contributed by atoms with Gasteiger partial charge in [-0.15, -0.1) is 11.6 Å². The third-order valence-corrected chi connectivity index (χ3v) is 2.51. The first-order valence-electron chi connectivity index (χ1n) is 4.52. The van der Waals surface area contributed by atoms with Crippen molar-refractivity contribution in [1.29, 1.82) is 0 Å². The predicted molar refractivity (Wildman–Crippen MR) is 60.7 cm³/mol. The average molecular weight is 221 g/mol. The molecule has 0 heterocycles. The summed E-state index contributed by atoms with van der Waals surface area (Å²) in [5, 5.41) is 11.1. The van der Waals surface area contributed by atoms with Crippen LogP contribution in [0.3, 0.4) is 0 Å². The molecule has 15 heavy (non-hydrogen) atoms. The summed E-state index contributed by atoms with van der Waals surface area (Å²) in [5.41, 5.74) is 0.600. The SMILES string of the molecule is O=C(CCl)c1ccc2cc(O)ccc2c1. The van der Waals surface area contributed by atoms with Crippen LogP contribution in [0.5, 0.6) is 5.75 Å². The summed E-state index contributed by atoms with van der Waals surface area (Å²) in [6, 6.07) is 10.3. The van der Waals surface area contributed by atoms with Crippen LogP contribution in [-0.2, 0) is 0 Å². The van der Waals surface area contributed by atoms with E-state index in [1.54, 1.807) is 36.4 Å². The number of alkyl halides is 1. The highest BCUT2D eigenvalue weighted by Crippen LogP contribution is 2.21. The van der Waals surface area contributed by atoms with E-state index in [1.807, 2.05) is 0 Å². The Labute approximate surface area is 92.1 Å². The number of hydrogen-bond donors (Lipinski definition) is 1. The van der Waals surface area contributed by atoms with Crippen LogP contribution in [0.25, 0.3) is 10.8 Å². The monoisotopic (exact) mass is 220 g/mol. The Morgan fingerprint density at radius 3 is 2.53 bits per heavy atom. The van der Waals surface area contributed by atoms with Crippen LogP contribution in [0.15, 0.2) is 36.4 Å². The smallest absolute Gasteiger partial charge is 0.177 e. The first kappa shape index (κ1) is 9.99. The molecule has 0 saturated heterocycles. The van der Waals surface area contributed by atoms with Gasteiger partial charge in [0.05, 0.1) is 5.88 Å². The molecule has 0 aliphatic carbocycles. The molecule has 0 saturated carbocycles. The van der Waals surface area contributed by atoms with Crippen LogP contribution < -0.4 is 0 Å². The summed E-state index contributed by atoms with van der Waals surface area (Å²) >= 11 is 5.47. The Bertz CT molecular complexity index is 520. The molecule has 0 unspecified atom stereocenters. The number of benzene rings is 2. The number of fused-ring (bicyclic) bond motifs is 1. The van der Waals surface area contributed by atoms with Crippen molar-refractivity contribution in [2.45, 2.75) is 0 Å². The Morgan fingerprint density at radius 2 is 1.80 bits per heavy atom. The van der Waals surface area contributed by atoms with Crippen LogP contribution in [0.2, 0.25) is 0 Å². The minimum Gasteiger partial charge on any atom is -0.508 e. The van der Waals surface area contributed by atoms with Gasteiger partial charge in [0.25, 0.3) is 0 Å². The van der Waals surface area contributed by atoms with Gasteiger partial charge in [-0.2, -0.15) is 0 Å². The van der Waals surface area contributed by atoms with Crippen molar-refractivity contribution in [2.24, 2.45) is 0 Å². The maximum absolute atomic E-state index is 11.3. The topological polar surface area (TPSA) is 37.3 Å². The predicted octanol–water partition coefficient (Wildman–Crippen LogP) is 2.97. The van der Waals surface area contributed by atoms with Crippen LogP contribution in [-0.4, -0.2) is 16.8 Å². The number of carbonyl (C=O) groups excluding carboxylic acids is 1. The van der Waals surface area contributed by atoms with E-state index < -0.39 is 0 Å². The van der Waals surface area contributed by atoms with Crippen molar-refractivity contribution in [3.63, 3.8) is 0 Å². The van der Waals surface area contributed by atoms with E-state index in [4.69, 9.17) is 11.6 Å². The van der Waals surface area contributed by atoms with E-state index in [0.29, 0.717) is 5.56 Å². The maximum Gasteiger partial charge on any atom is 0.177 e. The normalized spacial score (nSPS) is 10.5. The number of Topliss-reactive ketones (excluding diaryl/α,β-unsaturated/α-hetero) is 1. The number of phenolic OH excluding ortho intramolecular Hbond substituents is 1. The van der Waals surface area contributed by atoms with Gasteiger partial charge in [-0.1, -0.05) is 18.2 Å². The van der Waals surface area contributed by atoms with Gasteiger partial charge in [-0.3, -0.25) is 4.79 Å². The Kier molecular flexibility index (Phi) is 2.60. The number of rotatable bonds is 2. The van der Waals surface area contributed by atoms with Crippen molar-refractivity contribution >= 4 is 28.2 Å². The molecule has 3 heteroatoms. The Balaban J connectivity index is 2.57. The molecule has 2 aromatic rings. The van der Waals surface area contributed by atoms with Gasteiger partial charge in [0.1, 0.15) is 5.75 Å². The lowest BCUT2D eigenvalue weighted by atomic mass is 10.0. The van der Waals surface area contributed by atoms with E-state index in [1.165, 1.54) is 0 Å². The van der Waals surface area contributed by atoms with E-state index in [9.17, 15) is 9.90 Å². The molecule has 0 aliphatic rings. The van der Waals surface area contributed by atoms with Gasteiger partial charge in [0, 0.05) is 5.56 Å². The van der Waals surface area contributed by atoms with E-state index in [0.717, 1.165) is 10.8 Å². The lowest BCUT2D eigenvalue weighted by Crippen LogP contribution is -1.99. The van der Waals surface area contributed by atoms with Gasteiger partial charge in [0.2, 0.25) is 0 Å². The van der Waals surface area contributed by atoms with Crippen LogP contribution in [0.1, 0.15) is 10.4 Å². The summed E-state index contributed by atoms with van der Waals surface area (Å²) in [6.07, 6.45) is 0. The van der Waals surface area contributed by atoms with E-state index in [2.05, 4.69) is 0 Å². The molecule has 0 aliphatic heterocycles. The number of halogens is 1. The van der Waals surface area contributed by atoms with Crippen LogP contribution in [0, 0.1) is 0 Å². The highest BCUT2D eigenvalue weighted by molar-refractivity contribution is 6.30. The third kappa shape index (κ3) is 1.95. The summed E-state index contributed by atoms with van der Waals surface area (Å²) in [5.74, 6) is 0.120. The molecule has 0 spiro atoms. The third-order valence-electron chi connectivity index (χ3n) is 2.27. The molecular weight excluding hydrogens is 212 g/mol. The Hall–Kier alpha value is -1.54. The van der Waals surface area contributed by atoms with Crippen molar-refractivity contribution in [3.05, 3.63) is 42.0 Å². The van der Waals surface area contributed by atoms with Crippen molar-refractivity contribution in [2.75, 3.05) is 5.88 Å². The molecular formula is C12H9ClO2. The summed E-state index contributed by atoms with van der Waals surface area (Å²) in [7, 11) is 0. The quantitative estimate of drug-likeness (QED) is 0.624. The molecule has 1 N–H and O–H groups in total. The lowest BCUT2D eigenvalue weighted by Gasteiger charge is -2.01. The van der Waals surface area contributed by atoms with Crippen molar-refractivity contribution in [1.82, 2.24) is 0 Å². The second kappa shape index (κ2) is 3.91. The summed E-state index contributed by atoms with van der Waals surface area (Å²) in [6.45, 7) is 0. The molecule has 2 nitrogen and oxygen atoms in total. The highest BCUT2D eigenvalue weighted by Gasteiger charge is 2.04. The highest BCUT2D eigenvalue weighted by atomic mass is 35.5. The number of carbonyl (C=O) groups is 1. The fourth-order valence-electron chi connectivity index (χ4n) is 1.48.